The number of benzene rings is 1. The van der Waals surface area contributed by atoms with E-state index in [2.05, 4.69) is 10.6 Å². The molecule has 2 atom stereocenters. The molecule has 2 amide bonds. The Labute approximate surface area is 145 Å². The Bertz CT molecular complexity index is 616. The first-order valence-electron chi connectivity index (χ1n) is 8.18. The molecule has 1 saturated carbocycles. The van der Waals surface area contributed by atoms with Gasteiger partial charge in [-0.2, -0.15) is 0 Å². The average Bonchev–Trinajstić information content (AvgIpc) is 2.57. The molecule has 0 radical (unpaired) electrons. The lowest BCUT2D eigenvalue weighted by molar-refractivity contribution is -0.148. The summed E-state index contributed by atoms with van der Waals surface area (Å²) in [5.41, 5.74) is 0.659. The molecule has 2 fully saturated rings. The van der Waals surface area contributed by atoms with E-state index in [1.165, 1.54) is 0 Å². The van der Waals surface area contributed by atoms with Crippen LogP contribution in [0.3, 0.4) is 0 Å². The first-order chi connectivity index (χ1) is 11.5. The number of nitrogens with one attached hydrogen (secondary N) is 2. The zero-order chi connectivity index (χ0) is 17.1. The van der Waals surface area contributed by atoms with Gasteiger partial charge in [-0.15, -0.1) is 0 Å². The molecule has 0 bridgehead atoms. The van der Waals surface area contributed by atoms with Crippen molar-refractivity contribution in [1.82, 2.24) is 10.6 Å². The minimum atomic E-state index is -0.825. The van der Waals surface area contributed by atoms with E-state index in [1.54, 1.807) is 24.3 Å². The third kappa shape index (κ3) is 3.88. The van der Waals surface area contributed by atoms with Crippen LogP contribution in [0.2, 0.25) is 5.02 Å². The van der Waals surface area contributed by atoms with E-state index >= 15 is 0 Å². The highest BCUT2D eigenvalue weighted by molar-refractivity contribution is 6.31. The van der Waals surface area contributed by atoms with Gasteiger partial charge in [0.1, 0.15) is 6.61 Å². The molecular formula is C17H21ClN2O4. The van der Waals surface area contributed by atoms with Crippen molar-refractivity contribution in [2.45, 2.75) is 50.0 Å². The van der Waals surface area contributed by atoms with Crippen LogP contribution >= 0.6 is 11.6 Å². The van der Waals surface area contributed by atoms with E-state index in [1.807, 2.05) is 0 Å². The van der Waals surface area contributed by atoms with Gasteiger partial charge in [0.25, 0.3) is 5.91 Å². The van der Waals surface area contributed by atoms with E-state index in [0.29, 0.717) is 23.4 Å². The maximum atomic E-state index is 12.7. The summed E-state index contributed by atoms with van der Waals surface area (Å²) in [7, 11) is 0. The standard InChI is InChI=1S/C17H21ClN2O4/c18-13-4-2-1-3-12(13)15-16(24-9-14(22)20-15)17(23)19-10-5-7-11(21)8-6-10/h1-4,10-11,15-16,21H,5-9H2,(H,19,23)(H,20,22)/t10?,11?,15-,16+/m1/s1. The lowest BCUT2D eigenvalue weighted by Gasteiger charge is -2.34. The summed E-state index contributed by atoms with van der Waals surface area (Å²) in [4.78, 5) is 24.4. The Morgan fingerprint density at radius 3 is 2.67 bits per heavy atom. The molecule has 1 aliphatic carbocycles. The Morgan fingerprint density at radius 2 is 1.96 bits per heavy atom. The molecule has 0 aromatic heterocycles. The van der Waals surface area contributed by atoms with Crippen LogP contribution in [0.15, 0.2) is 24.3 Å². The monoisotopic (exact) mass is 352 g/mol. The second-order valence-corrected chi connectivity index (χ2v) is 6.72. The largest absolute Gasteiger partial charge is 0.393 e. The number of amides is 2. The lowest BCUT2D eigenvalue weighted by Crippen LogP contribution is -2.54. The van der Waals surface area contributed by atoms with Crippen molar-refractivity contribution < 1.29 is 19.4 Å². The Hall–Kier alpha value is -1.63. The number of carbonyl (C=O) groups is 2. The molecule has 3 N–H and O–H groups in total. The predicted molar refractivity (Wildman–Crippen MR) is 88.5 cm³/mol. The molecular weight excluding hydrogens is 332 g/mol. The summed E-state index contributed by atoms with van der Waals surface area (Å²) in [6, 6.07) is 6.50. The minimum Gasteiger partial charge on any atom is -0.393 e. The van der Waals surface area contributed by atoms with Crippen LogP contribution in [0.4, 0.5) is 0 Å². The summed E-state index contributed by atoms with van der Waals surface area (Å²) >= 11 is 6.22. The van der Waals surface area contributed by atoms with E-state index in [0.717, 1.165) is 12.8 Å². The van der Waals surface area contributed by atoms with Gasteiger partial charge in [-0.25, -0.2) is 0 Å². The highest BCUT2D eigenvalue weighted by Gasteiger charge is 2.38. The highest BCUT2D eigenvalue weighted by atomic mass is 35.5. The molecule has 1 aromatic rings. The molecule has 24 heavy (non-hydrogen) atoms. The van der Waals surface area contributed by atoms with Crippen LogP contribution in [-0.2, 0) is 14.3 Å². The van der Waals surface area contributed by atoms with Gasteiger partial charge in [-0.3, -0.25) is 9.59 Å². The maximum Gasteiger partial charge on any atom is 0.251 e. The number of hydrogen-bond donors (Lipinski definition) is 3. The molecule has 7 heteroatoms. The van der Waals surface area contributed by atoms with Crippen LogP contribution < -0.4 is 10.6 Å². The molecule has 1 saturated heterocycles. The van der Waals surface area contributed by atoms with Crippen LogP contribution in [0.5, 0.6) is 0 Å². The quantitative estimate of drug-likeness (QED) is 0.765. The zero-order valence-electron chi connectivity index (χ0n) is 13.2. The second kappa shape index (κ2) is 7.51. The highest BCUT2D eigenvalue weighted by Crippen LogP contribution is 2.29. The number of morpholine rings is 1. The van der Waals surface area contributed by atoms with Crippen LogP contribution in [0.1, 0.15) is 37.3 Å². The van der Waals surface area contributed by atoms with Crippen molar-refractivity contribution in [3.05, 3.63) is 34.9 Å². The van der Waals surface area contributed by atoms with Crippen molar-refractivity contribution in [3.8, 4) is 0 Å². The van der Waals surface area contributed by atoms with Gasteiger partial charge in [0.05, 0.1) is 12.1 Å². The van der Waals surface area contributed by atoms with Crippen molar-refractivity contribution in [2.75, 3.05) is 6.61 Å². The van der Waals surface area contributed by atoms with Gasteiger partial charge in [0.15, 0.2) is 6.10 Å². The van der Waals surface area contributed by atoms with Crippen LogP contribution in [0.25, 0.3) is 0 Å². The Morgan fingerprint density at radius 1 is 1.25 bits per heavy atom. The molecule has 1 aromatic carbocycles. The fraction of sp³-hybridized carbons (Fsp3) is 0.529. The fourth-order valence-corrected chi connectivity index (χ4v) is 3.50. The van der Waals surface area contributed by atoms with Gasteiger partial charge >= 0.3 is 0 Å². The predicted octanol–water partition coefficient (Wildman–Crippen LogP) is 1.32. The number of aliphatic hydroxyl groups is 1. The van der Waals surface area contributed by atoms with E-state index in [4.69, 9.17) is 16.3 Å². The van der Waals surface area contributed by atoms with E-state index in [9.17, 15) is 14.7 Å². The lowest BCUT2D eigenvalue weighted by atomic mass is 9.92. The van der Waals surface area contributed by atoms with Gasteiger partial charge in [-0.05, 0) is 37.3 Å². The molecule has 1 heterocycles. The molecule has 3 rings (SSSR count). The van der Waals surface area contributed by atoms with Gasteiger partial charge < -0.3 is 20.5 Å². The van der Waals surface area contributed by atoms with E-state index in [-0.39, 0.29) is 30.6 Å². The SMILES string of the molecule is O=C1CO[C@H](C(=O)NC2CCC(O)CC2)[C@@H](c2ccccc2Cl)N1. The van der Waals surface area contributed by atoms with Gasteiger partial charge in [0, 0.05) is 11.1 Å². The summed E-state index contributed by atoms with van der Waals surface area (Å²) in [5.74, 6) is -0.536. The molecule has 2 aliphatic rings. The maximum absolute atomic E-state index is 12.7. The summed E-state index contributed by atoms with van der Waals surface area (Å²) in [6.45, 7) is -0.150. The average molecular weight is 353 g/mol. The Balaban J connectivity index is 1.73. The molecule has 1 aliphatic heterocycles. The van der Waals surface area contributed by atoms with Crippen molar-refractivity contribution in [1.29, 1.82) is 0 Å². The molecule has 0 spiro atoms. The topological polar surface area (TPSA) is 87.7 Å². The minimum absolute atomic E-state index is 0.0222. The number of rotatable bonds is 3. The van der Waals surface area contributed by atoms with Crippen LogP contribution in [0, 0.1) is 0 Å². The summed E-state index contributed by atoms with van der Waals surface area (Å²) < 4.78 is 5.50. The second-order valence-electron chi connectivity index (χ2n) is 6.31. The summed E-state index contributed by atoms with van der Waals surface area (Å²) in [5, 5.41) is 15.8. The number of aliphatic hydroxyl groups excluding tert-OH is 1. The van der Waals surface area contributed by atoms with Gasteiger partial charge in [-0.1, -0.05) is 29.8 Å². The van der Waals surface area contributed by atoms with Crippen molar-refractivity contribution in [2.24, 2.45) is 0 Å². The molecule has 130 valence electrons. The number of halogens is 1. The zero-order valence-corrected chi connectivity index (χ0v) is 14.0. The van der Waals surface area contributed by atoms with Crippen LogP contribution in [-0.4, -0.2) is 41.8 Å². The van der Waals surface area contributed by atoms with Crippen molar-refractivity contribution >= 4 is 23.4 Å². The van der Waals surface area contributed by atoms with E-state index < -0.39 is 12.1 Å². The first-order valence-corrected chi connectivity index (χ1v) is 8.56. The smallest absolute Gasteiger partial charge is 0.251 e. The first kappa shape index (κ1) is 17.2. The number of hydrogen-bond acceptors (Lipinski definition) is 4. The fourth-order valence-electron chi connectivity index (χ4n) is 3.25. The number of ether oxygens (including phenoxy) is 1. The normalized spacial score (nSPS) is 30.5. The molecule has 6 nitrogen and oxygen atoms in total. The summed E-state index contributed by atoms with van der Waals surface area (Å²) in [6.07, 6.45) is 1.74. The molecule has 0 unspecified atom stereocenters. The third-order valence-corrected chi connectivity index (χ3v) is 4.90. The van der Waals surface area contributed by atoms with Gasteiger partial charge in [0.2, 0.25) is 5.91 Å². The Kier molecular flexibility index (Phi) is 5.38. The third-order valence-electron chi connectivity index (χ3n) is 4.56. The van der Waals surface area contributed by atoms with Crippen molar-refractivity contribution in [3.63, 3.8) is 0 Å². The number of carbonyl (C=O) groups excluding carboxylic acids is 2.